The van der Waals surface area contributed by atoms with Crippen LogP contribution in [0.2, 0.25) is 5.02 Å². The monoisotopic (exact) mass is 398 g/mol. The summed E-state index contributed by atoms with van der Waals surface area (Å²) in [5, 5.41) is 4.12. The van der Waals surface area contributed by atoms with Crippen molar-refractivity contribution < 1.29 is 0 Å². The zero-order valence-electron chi connectivity index (χ0n) is 16.7. The quantitative estimate of drug-likeness (QED) is 0.666. The van der Waals surface area contributed by atoms with Crippen molar-refractivity contribution in [2.45, 2.75) is 52.1 Å². The summed E-state index contributed by atoms with van der Waals surface area (Å²) in [5.41, 5.74) is 3.42. The second-order valence-corrected chi connectivity index (χ2v) is 8.91. The molecule has 1 aliphatic heterocycles. The summed E-state index contributed by atoms with van der Waals surface area (Å²) in [6.07, 6.45) is 3.15. The van der Waals surface area contributed by atoms with Crippen molar-refractivity contribution in [3.8, 4) is 0 Å². The molecule has 0 radical (unpaired) electrons. The molecule has 4 rings (SSSR count). The normalized spacial score (nSPS) is 15.4. The highest BCUT2D eigenvalue weighted by atomic mass is 35.5. The maximum Gasteiger partial charge on any atom is 0.225 e. The third-order valence-corrected chi connectivity index (χ3v) is 5.22. The summed E-state index contributed by atoms with van der Waals surface area (Å²) >= 11 is 6.40. The highest BCUT2D eigenvalue weighted by molar-refractivity contribution is 6.31. The van der Waals surface area contributed by atoms with Crippen molar-refractivity contribution in [1.29, 1.82) is 0 Å². The Balaban J connectivity index is 1.72. The molecule has 1 fully saturated rings. The largest absolute Gasteiger partial charge is 0.350 e. The molecule has 0 saturated carbocycles. The van der Waals surface area contributed by atoms with Gasteiger partial charge in [-0.05, 0) is 58.3 Å². The lowest BCUT2D eigenvalue weighted by atomic mass is 10.1. The summed E-state index contributed by atoms with van der Waals surface area (Å²) < 4.78 is 0. The maximum atomic E-state index is 6.40. The van der Waals surface area contributed by atoms with Crippen LogP contribution in [-0.2, 0) is 13.0 Å². The molecule has 148 valence electrons. The Hall–Kier alpha value is -2.18. The molecule has 3 heterocycles. The van der Waals surface area contributed by atoms with E-state index in [4.69, 9.17) is 21.6 Å². The topological polar surface area (TPSA) is 69.7 Å². The van der Waals surface area contributed by atoms with E-state index in [1.54, 1.807) is 0 Å². The highest BCUT2D eigenvalue weighted by Crippen LogP contribution is 2.24. The smallest absolute Gasteiger partial charge is 0.225 e. The molecule has 0 spiro atoms. The lowest BCUT2D eigenvalue weighted by Crippen LogP contribution is -2.27. The Kier molecular flexibility index (Phi) is 5.25. The molecule has 28 heavy (non-hydrogen) atoms. The van der Waals surface area contributed by atoms with Gasteiger partial charge in [-0.15, -0.1) is 0 Å². The van der Waals surface area contributed by atoms with E-state index >= 15 is 0 Å². The second-order valence-electron chi connectivity index (χ2n) is 8.50. The Bertz CT molecular complexity index is 969. The van der Waals surface area contributed by atoms with Gasteiger partial charge >= 0.3 is 0 Å². The summed E-state index contributed by atoms with van der Waals surface area (Å²) in [6, 6.07) is 7.89. The number of hydrogen-bond donors (Lipinski definition) is 2. The van der Waals surface area contributed by atoms with Crippen LogP contribution in [0.4, 0.5) is 5.95 Å². The molecule has 0 unspecified atom stereocenters. The molecule has 7 heteroatoms. The third-order valence-electron chi connectivity index (χ3n) is 4.85. The molecule has 6 nitrogen and oxygen atoms in total. The van der Waals surface area contributed by atoms with Gasteiger partial charge in [0.2, 0.25) is 5.95 Å². The number of fused-ring (bicyclic) bond motifs is 1. The Morgan fingerprint density at radius 1 is 1.11 bits per heavy atom. The van der Waals surface area contributed by atoms with Crippen LogP contribution >= 0.6 is 11.6 Å². The van der Waals surface area contributed by atoms with E-state index in [-0.39, 0.29) is 5.54 Å². The number of aromatic nitrogens is 4. The zero-order valence-corrected chi connectivity index (χ0v) is 17.5. The van der Waals surface area contributed by atoms with E-state index < -0.39 is 0 Å². The van der Waals surface area contributed by atoms with Crippen molar-refractivity contribution in [3.63, 3.8) is 0 Å². The van der Waals surface area contributed by atoms with Gasteiger partial charge < -0.3 is 10.3 Å². The summed E-state index contributed by atoms with van der Waals surface area (Å²) in [7, 11) is 0. The number of benzene rings is 1. The molecule has 3 aromatic rings. The fourth-order valence-electron chi connectivity index (χ4n) is 3.57. The molecule has 1 saturated heterocycles. The number of likely N-dealkylation sites (tertiary alicyclic amines) is 1. The van der Waals surface area contributed by atoms with Gasteiger partial charge in [-0.1, -0.05) is 29.8 Å². The fraction of sp³-hybridized carbons (Fsp3) is 0.476. The van der Waals surface area contributed by atoms with Gasteiger partial charge in [0, 0.05) is 17.0 Å². The Morgan fingerprint density at radius 2 is 1.86 bits per heavy atom. The molecule has 0 amide bonds. The zero-order chi connectivity index (χ0) is 19.7. The van der Waals surface area contributed by atoms with Crippen molar-refractivity contribution in [2.75, 3.05) is 18.4 Å². The molecule has 2 aromatic heterocycles. The van der Waals surface area contributed by atoms with Crippen LogP contribution in [0.5, 0.6) is 0 Å². The molecule has 0 bridgehead atoms. The van der Waals surface area contributed by atoms with Gasteiger partial charge in [0.15, 0.2) is 5.65 Å². The molecule has 1 aliphatic rings. The molecule has 1 aromatic carbocycles. The van der Waals surface area contributed by atoms with E-state index in [1.165, 1.54) is 12.8 Å². The van der Waals surface area contributed by atoms with E-state index in [1.807, 2.05) is 24.3 Å². The first-order valence-corrected chi connectivity index (χ1v) is 10.2. The number of rotatable bonds is 5. The van der Waals surface area contributed by atoms with Gasteiger partial charge in [0.05, 0.1) is 12.2 Å². The third kappa shape index (κ3) is 4.45. The number of imidazole rings is 1. The lowest BCUT2D eigenvalue weighted by Gasteiger charge is -2.20. The number of halogens is 1. The van der Waals surface area contributed by atoms with Crippen LogP contribution in [0.25, 0.3) is 11.2 Å². The van der Waals surface area contributed by atoms with E-state index in [0.29, 0.717) is 18.0 Å². The summed E-state index contributed by atoms with van der Waals surface area (Å²) in [5.74, 6) is 1.54. The highest BCUT2D eigenvalue weighted by Gasteiger charge is 2.19. The Morgan fingerprint density at radius 3 is 2.57 bits per heavy atom. The average Bonchev–Trinajstić information content (AvgIpc) is 3.25. The Labute approximate surface area is 170 Å². The van der Waals surface area contributed by atoms with Crippen molar-refractivity contribution in [1.82, 2.24) is 24.8 Å². The van der Waals surface area contributed by atoms with E-state index in [0.717, 1.165) is 47.3 Å². The number of aromatic amines is 1. The van der Waals surface area contributed by atoms with E-state index in [9.17, 15) is 0 Å². The summed E-state index contributed by atoms with van der Waals surface area (Å²) in [6.45, 7) is 9.37. The van der Waals surface area contributed by atoms with Gasteiger partial charge in [0.1, 0.15) is 11.3 Å². The van der Waals surface area contributed by atoms with Crippen molar-refractivity contribution >= 4 is 28.7 Å². The van der Waals surface area contributed by atoms with Gasteiger partial charge in [0.25, 0.3) is 0 Å². The number of nitrogens with one attached hydrogen (secondary N) is 2. The van der Waals surface area contributed by atoms with Crippen LogP contribution in [0.3, 0.4) is 0 Å². The van der Waals surface area contributed by atoms with Crippen LogP contribution in [0, 0.1) is 0 Å². The predicted molar refractivity (Wildman–Crippen MR) is 114 cm³/mol. The number of anilines is 1. The molecular weight excluding hydrogens is 372 g/mol. The standard InChI is InChI=1S/C21H27ClN6/c1-21(2,3)27-20-23-16(12-14-8-4-5-9-15(14)22)18-19(26-20)25-17(24-18)13-28-10-6-7-11-28/h4-5,8-9H,6-7,10-13H2,1-3H3,(H2,23,24,25,26,27). The molecule has 0 aliphatic carbocycles. The van der Waals surface area contributed by atoms with Gasteiger partial charge in [-0.25, -0.2) is 9.97 Å². The fourth-order valence-corrected chi connectivity index (χ4v) is 3.77. The van der Waals surface area contributed by atoms with Gasteiger partial charge in [-0.2, -0.15) is 4.98 Å². The van der Waals surface area contributed by atoms with Crippen LogP contribution in [0.15, 0.2) is 24.3 Å². The molecule has 2 N–H and O–H groups in total. The predicted octanol–water partition coefficient (Wildman–Crippen LogP) is 4.40. The second kappa shape index (κ2) is 7.68. The molecular formula is C21H27ClN6. The molecule has 0 atom stereocenters. The first-order chi connectivity index (χ1) is 13.4. The number of H-pyrrole nitrogens is 1. The van der Waals surface area contributed by atoms with Crippen LogP contribution in [0.1, 0.15) is 50.7 Å². The first-order valence-electron chi connectivity index (χ1n) is 9.87. The van der Waals surface area contributed by atoms with Crippen molar-refractivity contribution in [3.05, 3.63) is 46.4 Å². The number of hydrogen-bond acceptors (Lipinski definition) is 5. The average molecular weight is 399 g/mol. The van der Waals surface area contributed by atoms with Crippen molar-refractivity contribution in [2.24, 2.45) is 0 Å². The van der Waals surface area contributed by atoms with E-state index in [2.05, 4.69) is 41.0 Å². The SMILES string of the molecule is CC(C)(C)Nc1nc(Cc2ccccc2Cl)c2[nH]c(CN3CCCC3)nc2n1. The minimum Gasteiger partial charge on any atom is -0.350 e. The van der Waals surface area contributed by atoms with Gasteiger partial charge in [-0.3, -0.25) is 4.90 Å². The van der Waals surface area contributed by atoms with Crippen LogP contribution < -0.4 is 5.32 Å². The first kappa shape index (κ1) is 19.2. The number of nitrogens with zero attached hydrogens (tertiary/aromatic N) is 4. The maximum absolute atomic E-state index is 6.40. The lowest BCUT2D eigenvalue weighted by molar-refractivity contribution is 0.324. The minimum atomic E-state index is -0.135. The summed E-state index contributed by atoms with van der Waals surface area (Å²) in [4.78, 5) is 20.1. The van der Waals surface area contributed by atoms with Crippen LogP contribution in [-0.4, -0.2) is 43.5 Å². The minimum absolute atomic E-state index is 0.135.